The van der Waals surface area contributed by atoms with Crippen molar-refractivity contribution in [3.05, 3.63) is 52.8 Å². The maximum atomic E-state index is 12.5. The van der Waals surface area contributed by atoms with Crippen LogP contribution in [0.3, 0.4) is 0 Å². The molecule has 0 saturated carbocycles. The number of nitrogen functional groups attached to an aromatic ring is 1. The Morgan fingerprint density at radius 2 is 2.11 bits per heavy atom. The second kappa shape index (κ2) is 5.84. The number of nitrogens with zero attached hydrogens (tertiary/aromatic N) is 2. The molecule has 98 valence electrons. The van der Waals surface area contributed by atoms with Crippen LogP contribution in [0.1, 0.15) is 17.3 Å². The summed E-state index contributed by atoms with van der Waals surface area (Å²) in [4.78, 5) is 18.1. The van der Waals surface area contributed by atoms with Crippen LogP contribution in [0.4, 0.5) is 11.4 Å². The number of aromatic nitrogens is 1. The number of rotatable bonds is 3. The van der Waals surface area contributed by atoms with Gasteiger partial charge in [-0.15, -0.1) is 0 Å². The summed E-state index contributed by atoms with van der Waals surface area (Å²) >= 11 is 3.31. The number of nitrogens with two attached hydrogens (primary N) is 1. The lowest BCUT2D eigenvalue weighted by Crippen LogP contribution is -2.31. The Morgan fingerprint density at radius 3 is 2.74 bits per heavy atom. The number of hydrogen-bond donors (Lipinski definition) is 1. The zero-order valence-corrected chi connectivity index (χ0v) is 12.1. The standard InChI is InChI=1S/C14H14BrN3O/c1-2-18(13-6-4-3-5-12(13)16)14(19)10-7-11(15)9-17-8-10/h3-9H,2,16H2,1H3. The van der Waals surface area contributed by atoms with Gasteiger partial charge in [-0.05, 0) is 41.1 Å². The molecule has 4 nitrogen and oxygen atoms in total. The van der Waals surface area contributed by atoms with Crippen molar-refractivity contribution in [1.29, 1.82) is 0 Å². The van der Waals surface area contributed by atoms with Crippen molar-refractivity contribution >= 4 is 33.2 Å². The third-order valence-electron chi connectivity index (χ3n) is 2.74. The van der Waals surface area contributed by atoms with E-state index in [9.17, 15) is 4.79 Å². The zero-order chi connectivity index (χ0) is 13.8. The Kier molecular flexibility index (Phi) is 4.16. The molecule has 0 fully saturated rings. The van der Waals surface area contributed by atoms with Crippen LogP contribution in [-0.2, 0) is 0 Å². The number of carbonyl (C=O) groups is 1. The van der Waals surface area contributed by atoms with Crippen molar-refractivity contribution in [3.63, 3.8) is 0 Å². The smallest absolute Gasteiger partial charge is 0.259 e. The van der Waals surface area contributed by atoms with Crippen LogP contribution in [0.2, 0.25) is 0 Å². The number of pyridine rings is 1. The Balaban J connectivity index is 2.38. The fourth-order valence-corrected chi connectivity index (χ4v) is 2.21. The molecular formula is C14H14BrN3O. The van der Waals surface area contributed by atoms with E-state index < -0.39 is 0 Å². The van der Waals surface area contributed by atoms with E-state index in [1.165, 1.54) is 0 Å². The molecule has 2 aromatic rings. The summed E-state index contributed by atoms with van der Waals surface area (Å²) in [5.41, 5.74) is 7.75. The number of halogens is 1. The molecule has 0 atom stereocenters. The van der Waals surface area contributed by atoms with Gasteiger partial charge in [0.2, 0.25) is 0 Å². The van der Waals surface area contributed by atoms with E-state index in [0.29, 0.717) is 17.8 Å². The molecule has 0 saturated heterocycles. The first-order valence-electron chi connectivity index (χ1n) is 5.90. The van der Waals surface area contributed by atoms with Crippen LogP contribution < -0.4 is 10.6 Å². The molecule has 0 aliphatic rings. The van der Waals surface area contributed by atoms with Crippen molar-refractivity contribution in [3.8, 4) is 0 Å². The van der Waals surface area contributed by atoms with Crippen LogP contribution in [-0.4, -0.2) is 17.4 Å². The molecule has 0 bridgehead atoms. The van der Waals surface area contributed by atoms with Gasteiger partial charge >= 0.3 is 0 Å². The molecule has 0 aliphatic carbocycles. The Hall–Kier alpha value is -1.88. The fraction of sp³-hybridized carbons (Fsp3) is 0.143. The van der Waals surface area contributed by atoms with E-state index >= 15 is 0 Å². The van der Waals surface area contributed by atoms with Crippen LogP contribution in [0, 0.1) is 0 Å². The Bertz CT molecular complexity index is 601. The largest absolute Gasteiger partial charge is 0.397 e. The van der Waals surface area contributed by atoms with Crippen molar-refractivity contribution in [1.82, 2.24) is 4.98 Å². The van der Waals surface area contributed by atoms with E-state index in [4.69, 9.17) is 5.73 Å². The number of hydrogen-bond acceptors (Lipinski definition) is 3. The highest BCUT2D eigenvalue weighted by Gasteiger charge is 2.18. The lowest BCUT2D eigenvalue weighted by Gasteiger charge is -2.22. The van der Waals surface area contributed by atoms with Crippen molar-refractivity contribution in [2.45, 2.75) is 6.92 Å². The maximum Gasteiger partial charge on any atom is 0.259 e. The van der Waals surface area contributed by atoms with Gasteiger partial charge in [-0.2, -0.15) is 0 Å². The average Bonchev–Trinajstić information content (AvgIpc) is 2.41. The number of carbonyl (C=O) groups excluding carboxylic acids is 1. The highest BCUT2D eigenvalue weighted by molar-refractivity contribution is 9.10. The third kappa shape index (κ3) is 2.93. The summed E-state index contributed by atoms with van der Waals surface area (Å²) in [6.45, 7) is 2.45. The number of para-hydroxylation sites is 2. The fourth-order valence-electron chi connectivity index (χ4n) is 1.84. The van der Waals surface area contributed by atoms with Crippen LogP contribution >= 0.6 is 15.9 Å². The van der Waals surface area contributed by atoms with Gasteiger partial charge in [-0.3, -0.25) is 9.78 Å². The lowest BCUT2D eigenvalue weighted by atomic mass is 10.2. The molecule has 19 heavy (non-hydrogen) atoms. The van der Waals surface area contributed by atoms with E-state index in [2.05, 4.69) is 20.9 Å². The highest BCUT2D eigenvalue weighted by atomic mass is 79.9. The van der Waals surface area contributed by atoms with Crippen LogP contribution in [0.15, 0.2) is 47.2 Å². The second-order valence-corrected chi connectivity index (χ2v) is 4.92. The van der Waals surface area contributed by atoms with Gasteiger partial charge < -0.3 is 10.6 Å². The third-order valence-corrected chi connectivity index (χ3v) is 3.17. The normalized spacial score (nSPS) is 10.2. The van der Waals surface area contributed by atoms with Gasteiger partial charge in [0.15, 0.2) is 0 Å². The minimum absolute atomic E-state index is 0.116. The van der Waals surface area contributed by atoms with E-state index in [-0.39, 0.29) is 5.91 Å². The Labute approximate surface area is 120 Å². The van der Waals surface area contributed by atoms with Crippen LogP contribution in [0.25, 0.3) is 0 Å². The van der Waals surface area contributed by atoms with Gasteiger partial charge in [0.05, 0.1) is 16.9 Å². The first-order valence-corrected chi connectivity index (χ1v) is 6.69. The molecule has 0 spiro atoms. The number of benzene rings is 1. The maximum absolute atomic E-state index is 12.5. The van der Waals surface area contributed by atoms with Gasteiger partial charge in [0.25, 0.3) is 5.91 Å². The SMILES string of the molecule is CCN(C(=O)c1cncc(Br)c1)c1ccccc1N. The molecule has 0 unspecified atom stereocenters. The number of anilines is 2. The van der Waals surface area contributed by atoms with Gasteiger partial charge in [-0.25, -0.2) is 0 Å². The molecule has 0 aliphatic heterocycles. The van der Waals surface area contributed by atoms with Crippen molar-refractivity contribution in [2.24, 2.45) is 0 Å². The van der Waals surface area contributed by atoms with Crippen LogP contribution in [0.5, 0.6) is 0 Å². The first-order chi connectivity index (χ1) is 9.13. The summed E-state index contributed by atoms with van der Waals surface area (Å²) in [5, 5.41) is 0. The molecule has 2 N–H and O–H groups in total. The minimum Gasteiger partial charge on any atom is -0.397 e. The average molecular weight is 320 g/mol. The number of amides is 1. The molecule has 5 heteroatoms. The predicted octanol–water partition coefficient (Wildman–Crippen LogP) is 3.09. The van der Waals surface area contributed by atoms with Gasteiger partial charge in [0, 0.05) is 23.4 Å². The summed E-state index contributed by atoms with van der Waals surface area (Å²) in [7, 11) is 0. The molecule has 1 aromatic carbocycles. The molecule has 1 aromatic heterocycles. The lowest BCUT2D eigenvalue weighted by molar-refractivity contribution is 0.0988. The minimum atomic E-state index is -0.116. The second-order valence-electron chi connectivity index (χ2n) is 4.00. The highest BCUT2D eigenvalue weighted by Crippen LogP contribution is 2.24. The Morgan fingerprint density at radius 1 is 1.37 bits per heavy atom. The molecule has 2 rings (SSSR count). The van der Waals surface area contributed by atoms with E-state index in [1.807, 2.05) is 25.1 Å². The van der Waals surface area contributed by atoms with E-state index in [1.54, 1.807) is 29.4 Å². The predicted molar refractivity (Wildman–Crippen MR) is 80.1 cm³/mol. The topological polar surface area (TPSA) is 59.2 Å². The summed E-state index contributed by atoms with van der Waals surface area (Å²) in [5.74, 6) is -0.116. The molecular weight excluding hydrogens is 306 g/mol. The summed E-state index contributed by atoms with van der Waals surface area (Å²) in [6.07, 6.45) is 3.19. The van der Waals surface area contributed by atoms with E-state index in [0.717, 1.165) is 10.2 Å². The van der Waals surface area contributed by atoms with Gasteiger partial charge in [-0.1, -0.05) is 12.1 Å². The quantitative estimate of drug-likeness (QED) is 0.884. The monoisotopic (exact) mass is 319 g/mol. The summed E-state index contributed by atoms with van der Waals surface area (Å²) < 4.78 is 0.774. The van der Waals surface area contributed by atoms with Crippen molar-refractivity contribution < 1.29 is 4.79 Å². The molecule has 1 heterocycles. The van der Waals surface area contributed by atoms with Crippen molar-refractivity contribution in [2.75, 3.05) is 17.2 Å². The molecule has 1 amide bonds. The summed E-state index contributed by atoms with van der Waals surface area (Å²) in [6, 6.07) is 9.07. The first kappa shape index (κ1) is 13.5. The zero-order valence-electron chi connectivity index (χ0n) is 10.5. The molecule has 0 radical (unpaired) electrons. The van der Waals surface area contributed by atoms with Gasteiger partial charge in [0.1, 0.15) is 0 Å².